The SMILES string of the molecule is COC(=O)NC(=O)[C@H](C)OC(=O)[C@@H](C)Sc1ccc(Cl)cc1. The predicted molar refractivity (Wildman–Crippen MR) is 82.9 cm³/mol. The van der Waals surface area contributed by atoms with Crippen LogP contribution < -0.4 is 5.32 Å². The summed E-state index contributed by atoms with van der Waals surface area (Å²) in [5, 5.41) is 2.02. The number of halogens is 1. The zero-order valence-electron chi connectivity index (χ0n) is 12.3. The first-order valence-corrected chi connectivity index (χ1v) is 7.60. The molecule has 0 aliphatic rings. The fraction of sp³-hybridized carbons (Fsp3) is 0.357. The van der Waals surface area contributed by atoms with E-state index >= 15 is 0 Å². The van der Waals surface area contributed by atoms with Gasteiger partial charge in [-0.1, -0.05) is 11.6 Å². The summed E-state index contributed by atoms with van der Waals surface area (Å²) >= 11 is 7.06. The van der Waals surface area contributed by atoms with E-state index in [2.05, 4.69) is 4.74 Å². The predicted octanol–water partition coefficient (Wildman–Crippen LogP) is 2.63. The highest BCUT2D eigenvalue weighted by Gasteiger charge is 2.24. The quantitative estimate of drug-likeness (QED) is 0.652. The minimum atomic E-state index is -1.10. The molecule has 8 heteroatoms. The molecular formula is C14H16ClNO5S. The van der Waals surface area contributed by atoms with Crippen molar-refractivity contribution in [2.24, 2.45) is 0 Å². The van der Waals surface area contributed by atoms with Gasteiger partial charge < -0.3 is 9.47 Å². The van der Waals surface area contributed by atoms with Crippen molar-refractivity contribution < 1.29 is 23.9 Å². The van der Waals surface area contributed by atoms with Crippen LogP contribution in [0.3, 0.4) is 0 Å². The minimum Gasteiger partial charge on any atom is -0.453 e. The smallest absolute Gasteiger partial charge is 0.413 e. The first-order chi connectivity index (χ1) is 10.3. The third kappa shape index (κ3) is 5.95. The lowest BCUT2D eigenvalue weighted by Gasteiger charge is -2.15. The van der Waals surface area contributed by atoms with Gasteiger partial charge in [0.25, 0.3) is 5.91 Å². The second kappa shape index (κ2) is 8.65. The lowest BCUT2D eigenvalue weighted by atomic mass is 10.3. The molecule has 0 aliphatic heterocycles. The number of amides is 2. The van der Waals surface area contributed by atoms with Crippen molar-refractivity contribution in [2.75, 3.05) is 7.11 Å². The Hall–Kier alpha value is -1.73. The van der Waals surface area contributed by atoms with Gasteiger partial charge in [-0.05, 0) is 38.1 Å². The van der Waals surface area contributed by atoms with Crippen molar-refractivity contribution in [3.63, 3.8) is 0 Å². The number of carbonyl (C=O) groups excluding carboxylic acids is 3. The highest BCUT2D eigenvalue weighted by molar-refractivity contribution is 8.00. The fourth-order valence-corrected chi connectivity index (χ4v) is 2.32. The molecule has 0 heterocycles. The largest absolute Gasteiger partial charge is 0.453 e. The van der Waals surface area contributed by atoms with Crippen molar-refractivity contribution in [3.05, 3.63) is 29.3 Å². The Morgan fingerprint density at radius 3 is 2.32 bits per heavy atom. The van der Waals surface area contributed by atoms with E-state index < -0.39 is 29.3 Å². The van der Waals surface area contributed by atoms with Crippen molar-refractivity contribution >= 4 is 41.3 Å². The normalized spacial score (nSPS) is 12.9. The Morgan fingerprint density at radius 1 is 1.18 bits per heavy atom. The van der Waals surface area contributed by atoms with Gasteiger partial charge in [0.2, 0.25) is 0 Å². The van der Waals surface area contributed by atoms with E-state index in [1.54, 1.807) is 31.2 Å². The van der Waals surface area contributed by atoms with E-state index in [1.165, 1.54) is 18.7 Å². The summed E-state index contributed by atoms with van der Waals surface area (Å²) in [6.45, 7) is 3.03. The lowest BCUT2D eigenvalue weighted by Crippen LogP contribution is -2.40. The van der Waals surface area contributed by atoms with Crippen molar-refractivity contribution in [1.29, 1.82) is 0 Å². The summed E-state index contributed by atoms with van der Waals surface area (Å²) < 4.78 is 9.30. The second-order valence-corrected chi connectivity index (χ2v) is 6.12. The van der Waals surface area contributed by atoms with Crippen LogP contribution in [0.15, 0.2) is 29.2 Å². The van der Waals surface area contributed by atoms with Crippen LogP contribution in [0.1, 0.15) is 13.8 Å². The van der Waals surface area contributed by atoms with Crippen LogP contribution in [-0.2, 0) is 19.1 Å². The van der Waals surface area contributed by atoms with E-state index in [4.69, 9.17) is 16.3 Å². The van der Waals surface area contributed by atoms with Crippen molar-refractivity contribution in [3.8, 4) is 0 Å². The van der Waals surface area contributed by atoms with Gasteiger partial charge in [-0.15, -0.1) is 11.8 Å². The number of ether oxygens (including phenoxy) is 2. The second-order valence-electron chi connectivity index (χ2n) is 4.27. The summed E-state index contributed by atoms with van der Waals surface area (Å²) in [6, 6.07) is 7.00. The van der Waals surface area contributed by atoms with Crippen LogP contribution in [-0.4, -0.2) is 36.4 Å². The third-order valence-electron chi connectivity index (χ3n) is 2.53. The van der Waals surface area contributed by atoms with Gasteiger partial charge in [0.15, 0.2) is 6.10 Å². The number of methoxy groups -OCH3 is 1. The highest BCUT2D eigenvalue weighted by Crippen LogP contribution is 2.25. The third-order valence-corrected chi connectivity index (χ3v) is 3.87. The molecule has 0 radical (unpaired) electrons. The molecule has 0 unspecified atom stereocenters. The van der Waals surface area contributed by atoms with Gasteiger partial charge in [-0.25, -0.2) is 4.79 Å². The van der Waals surface area contributed by atoms with Gasteiger partial charge in [0, 0.05) is 9.92 Å². The van der Waals surface area contributed by atoms with Crippen LogP contribution in [0, 0.1) is 0 Å². The Bertz CT molecular complexity index is 549. The van der Waals surface area contributed by atoms with Crippen LogP contribution in [0.4, 0.5) is 4.79 Å². The first kappa shape index (κ1) is 18.3. The maximum Gasteiger partial charge on any atom is 0.413 e. The molecule has 2 atom stereocenters. The summed E-state index contributed by atoms with van der Waals surface area (Å²) in [5.41, 5.74) is 0. The molecule has 0 aliphatic carbocycles. The average Bonchev–Trinajstić information content (AvgIpc) is 2.49. The molecule has 6 nitrogen and oxygen atoms in total. The van der Waals surface area contributed by atoms with E-state index in [1.807, 2.05) is 5.32 Å². The molecule has 0 spiro atoms. The molecule has 0 saturated heterocycles. The van der Waals surface area contributed by atoms with Crippen LogP contribution >= 0.6 is 23.4 Å². The van der Waals surface area contributed by atoms with Gasteiger partial charge >= 0.3 is 12.1 Å². The molecule has 0 fully saturated rings. The number of alkyl carbamates (subject to hydrolysis) is 1. The molecule has 0 bridgehead atoms. The number of benzene rings is 1. The highest BCUT2D eigenvalue weighted by atomic mass is 35.5. The standard InChI is InChI=1S/C14H16ClNO5S/c1-8(12(17)16-14(19)20-3)21-13(18)9(2)22-11-6-4-10(15)5-7-11/h4-9H,1-3H3,(H,16,17,19)/t8-,9+/m0/s1. The average molecular weight is 346 g/mol. The van der Waals surface area contributed by atoms with E-state index in [0.29, 0.717) is 5.02 Å². The number of hydrogen-bond donors (Lipinski definition) is 1. The summed E-state index contributed by atoms with van der Waals surface area (Å²) in [5.74, 6) is -1.31. The van der Waals surface area contributed by atoms with Crippen LogP contribution in [0.5, 0.6) is 0 Å². The van der Waals surface area contributed by atoms with Gasteiger partial charge in [-0.2, -0.15) is 0 Å². The molecule has 1 rings (SSSR count). The minimum absolute atomic E-state index is 0.519. The topological polar surface area (TPSA) is 81.7 Å². The number of esters is 1. The molecule has 1 aromatic carbocycles. The molecule has 0 aromatic heterocycles. The number of nitrogens with one attached hydrogen (secondary N) is 1. The van der Waals surface area contributed by atoms with E-state index in [-0.39, 0.29) is 0 Å². The molecular weight excluding hydrogens is 330 g/mol. The maximum absolute atomic E-state index is 11.9. The Morgan fingerprint density at radius 2 is 1.77 bits per heavy atom. The summed E-state index contributed by atoms with van der Waals surface area (Å²) in [7, 11) is 1.13. The molecule has 0 saturated carbocycles. The molecule has 2 amide bonds. The number of hydrogen-bond acceptors (Lipinski definition) is 6. The number of thioether (sulfide) groups is 1. The van der Waals surface area contributed by atoms with Gasteiger partial charge in [0.1, 0.15) is 5.25 Å². The Balaban J connectivity index is 2.51. The zero-order chi connectivity index (χ0) is 16.7. The van der Waals surface area contributed by atoms with Crippen molar-refractivity contribution in [2.45, 2.75) is 30.1 Å². The number of carbonyl (C=O) groups is 3. The molecule has 22 heavy (non-hydrogen) atoms. The maximum atomic E-state index is 11.9. The van der Waals surface area contributed by atoms with Gasteiger partial charge in [0.05, 0.1) is 7.11 Å². The Labute approximate surface area is 137 Å². The molecule has 1 N–H and O–H groups in total. The molecule has 1 aromatic rings. The monoisotopic (exact) mass is 345 g/mol. The van der Waals surface area contributed by atoms with Crippen molar-refractivity contribution in [1.82, 2.24) is 5.32 Å². The van der Waals surface area contributed by atoms with E-state index in [9.17, 15) is 14.4 Å². The molecule has 120 valence electrons. The summed E-state index contributed by atoms with van der Waals surface area (Å²) in [4.78, 5) is 35.2. The van der Waals surface area contributed by atoms with Crippen LogP contribution in [0.2, 0.25) is 5.02 Å². The number of imide groups is 1. The number of rotatable bonds is 5. The zero-order valence-corrected chi connectivity index (χ0v) is 13.9. The van der Waals surface area contributed by atoms with Gasteiger partial charge in [-0.3, -0.25) is 14.9 Å². The first-order valence-electron chi connectivity index (χ1n) is 6.35. The summed E-state index contributed by atoms with van der Waals surface area (Å²) in [6.07, 6.45) is -2.00. The fourth-order valence-electron chi connectivity index (χ4n) is 1.34. The Kier molecular flexibility index (Phi) is 7.20. The van der Waals surface area contributed by atoms with E-state index in [0.717, 1.165) is 12.0 Å². The lowest BCUT2D eigenvalue weighted by molar-refractivity contribution is -0.153. The van der Waals surface area contributed by atoms with Crippen LogP contribution in [0.25, 0.3) is 0 Å².